The molecule has 0 spiro atoms. The number of rotatable bonds is 8. The largest absolute Gasteiger partial charge is 0.489 e. The Morgan fingerprint density at radius 3 is 2.21 bits per heavy atom. The number of hydrogen-bond donors (Lipinski definition) is 1. The molecule has 0 radical (unpaired) electrons. The molecule has 5 aromatic rings. The van der Waals surface area contributed by atoms with Gasteiger partial charge >= 0.3 is 0 Å². The summed E-state index contributed by atoms with van der Waals surface area (Å²) in [5, 5.41) is 0. The van der Waals surface area contributed by atoms with Crippen molar-refractivity contribution in [3.05, 3.63) is 126 Å². The lowest BCUT2D eigenvalue weighted by atomic mass is 10.1. The topological polar surface area (TPSA) is 44.4 Å². The fourth-order valence-electron chi connectivity index (χ4n) is 5.06. The molecule has 1 N–H and O–H groups in total. The number of nitrogens with one attached hydrogen (secondary N) is 1. The Labute approximate surface area is 228 Å². The van der Waals surface area contributed by atoms with E-state index in [1.54, 1.807) is 6.07 Å². The van der Waals surface area contributed by atoms with Crippen LogP contribution in [0.5, 0.6) is 5.75 Å². The van der Waals surface area contributed by atoms with E-state index in [1.807, 2.05) is 30.3 Å². The van der Waals surface area contributed by atoms with E-state index in [-0.39, 0.29) is 5.82 Å². The summed E-state index contributed by atoms with van der Waals surface area (Å²) in [5.41, 5.74) is 6.26. The van der Waals surface area contributed by atoms with Crippen LogP contribution in [-0.4, -0.2) is 41.0 Å². The van der Waals surface area contributed by atoms with Gasteiger partial charge in [-0.3, -0.25) is 4.90 Å². The van der Waals surface area contributed by atoms with Crippen LogP contribution in [-0.2, 0) is 13.2 Å². The van der Waals surface area contributed by atoms with Crippen molar-refractivity contribution in [3.8, 4) is 28.3 Å². The van der Waals surface area contributed by atoms with Crippen LogP contribution >= 0.6 is 0 Å². The maximum absolute atomic E-state index is 13.5. The number of nitrogens with zero attached hydrogens (tertiary/aromatic N) is 3. The lowest BCUT2D eigenvalue weighted by molar-refractivity contribution is 0.244. The van der Waals surface area contributed by atoms with Crippen molar-refractivity contribution in [2.45, 2.75) is 13.2 Å². The van der Waals surface area contributed by atoms with Crippen molar-refractivity contribution in [3.63, 3.8) is 0 Å². The molecule has 6 heteroatoms. The highest BCUT2D eigenvalue weighted by atomic mass is 19.1. The van der Waals surface area contributed by atoms with Gasteiger partial charge in [0.05, 0.1) is 17.9 Å². The van der Waals surface area contributed by atoms with Crippen LogP contribution in [0.25, 0.3) is 22.5 Å². The molecule has 0 bridgehead atoms. The quantitative estimate of drug-likeness (QED) is 0.246. The van der Waals surface area contributed by atoms with E-state index in [0.717, 1.165) is 78.1 Å². The standard InChI is InChI=1S/C33H31FN4O/c34-28-14-7-9-25(21-28)24-39-30-16-8-15-29(22-30)38-19-17-37(18-20-38)23-31-35-32(26-10-3-1-4-11-26)33(36-31)27-12-5-2-6-13-27/h1-16,21-22H,17-20,23-24H2,(H,35,36). The second-order valence-corrected chi connectivity index (χ2v) is 9.82. The van der Waals surface area contributed by atoms with Gasteiger partial charge in [0.2, 0.25) is 0 Å². The van der Waals surface area contributed by atoms with Gasteiger partial charge in [0, 0.05) is 49.1 Å². The van der Waals surface area contributed by atoms with Gasteiger partial charge in [-0.1, -0.05) is 78.9 Å². The van der Waals surface area contributed by atoms with Crippen molar-refractivity contribution >= 4 is 5.69 Å². The number of ether oxygens (including phenoxy) is 1. The predicted octanol–water partition coefficient (Wildman–Crippen LogP) is 6.78. The third-order valence-electron chi connectivity index (χ3n) is 7.09. The minimum atomic E-state index is -0.246. The van der Waals surface area contributed by atoms with Crippen molar-refractivity contribution in [1.82, 2.24) is 14.9 Å². The normalized spacial score (nSPS) is 13.9. The Hall–Kier alpha value is -4.42. The highest BCUT2D eigenvalue weighted by molar-refractivity contribution is 5.78. The van der Waals surface area contributed by atoms with Crippen LogP contribution in [0.2, 0.25) is 0 Å². The fraction of sp³-hybridized carbons (Fsp3) is 0.182. The molecule has 0 saturated carbocycles. The number of aromatic amines is 1. The summed E-state index contributed by atoms with van der Waals surface area (Å²) < 4.78 is 19.4. The molecule has 196 valence electrons. The molecule has 2 heterocycles. The van der Waals surface area contributed by atoms with E-state index in [1.165, 1.54) is 12.1 Å². The monoisotopic (exact) mass is 518 g/mol. The first-order valence-corrected chi connectivity index (χ1v) is 13.4. The minimum absolute atomic E-state index is 0.246. The Bertz CT molecular complexity index is 1450. The summed E-state index contributed by atoms with van der Waals surface area (Å²) in [4.78, 5) is 13.5. The number of H-pyrrole nitrogens is 1. The number of piperazine rings is 1. The molecular weight excluding hydrogens is 487 g/mol. The van der Waals surface area contributed by atoms with E-state index in [4.69, 9.17) is 9.72 Å². The molecule has 1 fully saturated rings. The Kier molecular flexibility index (Phi) is 7.36. The van der Waals surface area contributed by atoms with Crippen LogP contribution in [0, 0.1) is 5.82 Å². The molecule has 5 nitrogen and oxygen atoms in total. The zero-order valence-electron chi connectivity index (χ0n) is 21.8. The molecule has 0 aliphatic carbocycles. The van der Waals surface area contributed by atoms with Gasteiger partial charge in [-0.15, -0.1) is 0 Å². The van der Waals surface area contributed by atoms with Crippen molar-refractivity contribution in [2.75, 3.05) is 31.1 Å². The molecule has 1 saturated heterocycles. The molecule has 1 aromatic heterocycles. The summed E-state index contributed by atoms with van der Waals surface area (Å²) in [6.07, 6.45) is 0. The van der Waals surface area contributed by atoms with E-state index in [0.29, 0.717) is 6.61 Å². The smallest absolute Gasteiger partial charge is 0.123 e. The van der Waals surface area contributed by atoms with Gasteiger partial charge in [-0.05, 0) is 29.8 Å². The van der Waals surface area contributed by atoms with E-state index in [2.05, 4.69) is 75.4 Å². The lowest BCUT2D eigenvalue weighted by Crippen LogP contribution is -2.46. The van der Waals surface area contributed by atoms with Gasteiger partial charge < -0.3 is 14.6 Å². The Morgan fingerprint density at radius 2 is 1.46 bits per heavy atom. The van der Waals surface area contributed by atoms with Crippen molar-refractivity contribution in [2.24, 2.45) is 0 Å². The van der Waals surface area contributed by atoms with Crippen LogP contribution in [0.4, 0.5) is 10.1 Å². The van der Waals surface area contributed by atoms with Crippen LogP contribution in [0.3, 0.4) is 0 Å². The van der Waals surface area contributed by atoms with E-state index >= 15 is 0 Å². The van der Waals surface area contributed by atoms with Gasteiger partial charge in [0.25, 0.3) is 0 Å². The second kappa shape index (κ2) is 11.5. The average Bonchev–Trinajstić information content (AvgIpc) is 3.41. The van der Waals surface area contributed by atoms with Gasteiger partial charge in [-0.2, -0.15) is 0 Å². The third kappa shape index (κ3) is 6.02. The first kappa shape index (κ1) is 24.9. The zero-order chi connectivity index (χ0) is 26.4. The Balaban J connectivity index is 1.10. The molecule has 4 aromatic carbocycles. The number of benzene rings is 4. The molecule has 0 atom stereocenters. The predicted molar refractivity (Wildman–Crippen MR) is 154 cm³/mol. The summed E-state index contributed by atoms with van der Waals surface area (Å²) in [6.45, 7) is 4.84. The van der Waals surface area contributed by atoms with Crippen molar-refractivity contribution < 1.29 is 9.13 Å². The highest BCUT2D eigenvalue weighted by Crippen LogP contribution is 2.30. The number of halogens is 1. The van der Waals surface area contributed by atoms with Crippen molar-refractivity contribution in [1.29, 1.82) is 0 Å². The van der Waals surface area contributed by atoms with Crippen LogP contribution in [0.15, 0.2) is 109 Å². The number of anilines is 1. The molecular formula is C33H31FN4O. The molecule has 1 aliphatic heterocycles. The molecule has 1 aliphatic rings. The number of hydrogen-bond acceptors (Lipinski definition) is 4. The second-order valence-electron chi connectivity index (χ2n) is 9.82. The fourth-order valence-corrected chi connectivity index (χ4v) is 5.06. The molecule has 0 amide bonds. The summed E-state index contributed by atoms with van der Waals surface area (Å²) in [5.74, 6) is 1.52. The van der Waals surface area contributed by atoms with Crippen LogP contribution < -0.4 is 9.64 Å². The molecule has 0 unspecified atom stereocenters. The van der Waals surface area contributed by atoms with Gasteiger partial charge in [-0.25, -0.2) is 9.37 Å². The SMILES string of the molecule is Fc1cccc(COc2cccc(N3CCN(Cc4nc(-c5ccccc5)c(-c5ccccc5)[nH]4)CC3)c2)c1. The maximum atomic E-state index is 13.5. The first-order valence-electron chi connectivity index (χ1n) is 13.4. The minimum Gasteiger partial charge on any atom is -0.489 e. The van der Waals surface area contributed by atoms with Gasteiger partial charge in [0.15, 0.2) is 0 Å². The summed E-state index contributed by atoms with van der Waals surface area (Å²) in [7, 11) is 0. The lowest BCUT2D eigenvalue weighted by Gasteiger charge is -2.35. The highest BCUT2D eigenvalue weighted by Gasteiger charge is 2.20. The third-order valence-corrected chi connectivity index (χ3v) is 7.09. The molecule has 6 rings (SSSR count). The zero-order valence-corrected chi connectivity index (χ0v) is 21.8. The summed E-state index contributed by atoms with van der Waals surface area (Å²) >= 11 is 0. The number of imidazole rings is 1. The molecule has 39 heavy (non-hydrogen) atoms. The van der Waals surface area contributed by atoms with Gasteiger partial charge in [0.1, 0.15) is 24.0 Å². The summed E-state index contributed by atoms with van der Waals surface area (Å²) in [6, 6.07) is 35.5. The van der Waals surface area contributed by atoms with Crippen LogP contribution in [0.1, 0.15) is 11.4 Å². The van der Waals surface area contributed by atoms with E-state index in [9.17, 15) is 4.39 Å². The number of aromatic nitrogens is 2. The average molecular weight is 519 g/mol. The first-order chi connectivity index (χ1) is 19.2. The maximum Gasteiger partial charge on any atom is 0.123 e. The Morgan fingerprint density at radius 1 is 0.744 bits per heavy atom. The van der Waals surface area contributed by atoms with E-state index < -0.39 is 0 Å².